The molecule has 2 unspecified atom stereocenters. The molecule has 2 rings (SSSR count). The van der Waals surface area contributed by atoms with Crippen molar-refractivity contribution < 1.29 is 14.9 Å². The van der Waals surface area contributed by atoms with E-state index in [2.05, 4.69) is 9.80 Å². The Morgan fingerprint density at radius 2 is 1.79 bits per heavy atom. The van der Waals surface area contributed by atoms with Crippen LogP contribution in [0.4, 0.5) is 0 Å². The summed E-state index contributed by atoms with van der Waals surface area (Å²) in [4.78, 5) is 4.72. The van der Waals surface area contributed by atoms with E-state index in [0.717, 1.165) is 45.7 Å². The van der Waals surface area contributed by atoms with Crippen LogP contribution in [0, 0.1) is 5.92 Å². The molecular formula is C14H28N2O3. The second-order valence-electron chi connectivity index (χ2n) is 6.58. The van der Waals surface area contributed by atoms with Crippen LogP contribution in [0.3, 0.4) is 0 Å². The van der Waals surface area contributed by atoms with Gasteiger partial charge < -0.3 is 19.8 Å². The Hall–Kier alpha value is -0.200. The number of nitrogens with zero attached hydrogens (tertiary/aromatic N) is 2. The van der Waals surface area contributed by atoms with E-state index >= 15 is 0 Å². The van der Waals surface area contributed by atoms with Crippen LogP contribution in [0.1, 0.15) is 20.3 Å². The molecule has 2 N–H and O–H groups in total. The summed E-state index contributed by atoms with van der Waals surface area (Å²) >= 11 is 0. The monoisotopic (exact) mass is 272 g/mol. The number of hydrogen-bond acceptors (Lipinski definition) is 5. The standard InChI is InChI=1S/C14H28N2O3/c1-14(2,18)11-16-6-4-15(5-7-16)9-12-10-19-8-3-13(12)17/h12-13,17-18H,3-11H2,1-2H3. The molecule has 2 aliphatic rings. The lowest BCUT2D eigenvalue weighted by atomic mass is 9.98. The van der Waals surface area contributed by atoms with Gasteiger partial charge in [-0.25, -0.2) is 0 Å². The summed E-state index contributed by atoms with van der Waals surface area (Å²) in [5.74, 6) is 0.259. The van der Waals surface area contributed by atoms with E-state index in [0.29, 0.717) is 13.2 Å². The third-order valence-electron chi connectivity index (χ3n) is 4.00. The first kappa shape index (κ1) is 15.2. The lowest BCUT2D eigenvalue weighted by molar-refractivity contribution is -0.0524. The van der Waals surface area contributed by atoms with Crippen LogP contribution in [-0.4, -0.2) is 84.2 Å². The number of aliphatic hydroxyl groups excluding tert-OH is 1. The van der Waals surface area contributed by atoms with E-state index < -0.39 is 5.60 Å². The van der Waals surface area contributed by atoms with Crippen LogP contribution < -0.4 is 0 Å². The summed E-state index contributed by atoms with van der Waals surface area (Å²) in [6, 6.07) is 0. The molecule has 2 aliphatic heterocycles. The Morgan fingerprint density at radius 1 is 1.16 bits per heavy atom. The highest BCUT2D eigenvalue weighted by Crippen LogP contribution is 2.17. The first-order valence-corrected chi connectivity index (χ1v) is 7.37. The van der Waals surface area contributed by atoms with E-state index in [1.807, 2.05) is 13.8 Å². The molecular weight excluding hydrogens is 244 g/mol. The van der Waals surface area contributed by atoms with Crippen LogP contribution in [0.15, 0.2) is 0 Å². The molecule has 2 fully saturated rings. The van der Waals surface area contributed by atoms with Gasteiger partial charge in [0.1, 0.15) is 0 Å². The molecule has 2 saturated heterocycles. The van der Waals surface area contributed by atoms with Gasteiger partial charge in [-0.1, -0.05) is 0 Å². The van der Waals surface area contributed by atoms with Crippen molar-refractivity contribution in [2.45, 2.75) is 32.0 Å². The maximum absolute atomic E-state index is 9.95. The van der Waals surface area contributed by atoms with Gasteiger partial charge in [0.25, 0.3) is 0 Å². The van der Waals surface area contributed by atoms with Gasteiger partial charge in [-0.05, 0) is 20.3 Å². The molecule has 5 heteroatoms. The summed E-state index contributed by atoms with van der Waals surface area (Å²) in [6.45, 7) is 10.8. The maximum atomic E-state index is 9.95. The normalized spacial score (nSPS) is 31.6. The first-order chi connectivity index (χ1) is 8.94. The van der Waals surface area contributed by atoms with Gasteiger partial charge >= 0.3 is 0 Å². The van der Waals surface area contributed by atoms with Crippen LogP contribution in [0.2, 0.25) is 0 Å². The summed E-state index contributed by atoms with van der Waals surface area (Å²) in [5, 5.41) is 19.8. The van der Waals surface area contributed by atoms with Crippen LogP contribution in [-0.2, 0) is 4.74 Å². The van der Waals surface area contributed by atoms with Crippen molar-refractivity contribution in [3.63, 3.8) is 0 Å². The summed E-state index contributed by atoms with van der Waals surface area (Å²) in [7, 11) is 0. The van der Waals surface area contributed by atoms with E-state index in [9.17, 15) is 10.2 Å². The topological polar surface area (TPSA) is 56.2 Å². The molecule has 0 amide bonds. The van der Waals surface area contributed by atoms with Gasteiger partial charge in [0, 0.05) is 51.8 Å². The maximum Gasteiger partial charge on any atom is 0.0718 e. The van der Waals surface area contributed by atoms with Crippen molar-refractivity contribution in [1.29, 1.82) is 0 Å². The highest BCUT2D eigenvalue weighted by molar-refractivity contribution is 4.81. The zero-order chi connectivity index (χ0) is 13.9. The number of ether oxygens (including phenoxy) is 1. The lowest BCUT2D eigenvalue weighted by Crippen LogP contribution is -2.52. The fraction of sp³-hybridized carbons (Fsp3) is 1.00. The minimum Gasteiger partial charge on any atom is -0.393 e. The minimum absolute atomic E-state index is 0.205. The minimum atomic E-state index is -0.616. The smallest absolute Gasteiger partial charge is 0.0718 e. The molecule has 0 bridgehead atoms. The number of rotatable bonds is 4. The lowest BCUT2D eigenvalue weighted by Gasteiger charge is -2.39. The number of hydrogen-bond donors (Lipinski definition) is 2. The molecule has 0 aromatic heterocycles. The Kier molecular flexibility index (Phi) is 5.20. The van der Waals surface area contributed by atoms with E-state index in [-0.39, 0.29) is 12.0 Å². The molecule has 0 aromatic carbocycles. The summed E-state index contributed by atoms with van der Waals surface area (Å²) in [6.07, 6.45) is 0.562. The zero-order valence-corrected chi connectivity index (χ0v) is 12.2. The molecule has 0 spiro atoms. The predicted molar refractivity (Wildman–Crippen MR) is 74.1 cm³/mol. The Bertz CT molecular complexity index is 272. The van der Waals surface area contributed by atoms with Gasteiger partial charge in [0.2, 0.25) is 0 Å². The average molecular weight is 272 g/mol. The quantitative estimate of drug-likeness (QED) is 0.740. The number of piperazine rings is 1. The summed E-state index contributed by atoms with van der Waals surface area (Å²) < 4.78 is 5.45. The Labute approximate surface area is 116 Å². The van der Waals surface area contributed by atoms with Crippen LogP contribution in [0.5, 0.6) is 0 Å². The van der Waals surface area contributed by atoms with Crippen molar-refractivity contribution in [3.05, 3.63) is 0 Å². The molecule has 2 atom stereocenters. The fourth-order valence-corrected chi connectivity index (χ4v) is 2.97. The van der Waals surface area contributed by atoms with Crippen molar-refractivity contribution in [2.75, 3.05) is 52.5 Å². The third kappa shape index (κ3) is 5.00. The Balaban J connectivity index is 1.71. The predicted octanol–water partition coefficient (Wildman–Crippen LogP) is -0.228. The van der Waals surface area contributed by atoms with Crippen molar-refractivity contribution >= 4 is 0 Å². The Morgan fingerprint density at radius 3 is 2.37 bits per heavy atom. The molecule has 0 aliphatic carbocycles. The van der Waals surface area contributed by atoms with Crippen LogP contribution >= 0.6 is 0 Å². The molecule has 5 nitrogen and oxygen atoms in total. The fourth-order valence-electron chi connectivity index (χ4n) is 2.97. The number of β-amino-alcohol motifs (C(OH)–C–C–N with tert-alkyl or cyclic N) is 1. The second-order valence-corrected chi connectivity index (χ2v) is 6.58. The van der Waals surface area contributed by atoms with Gasteiger partial charge in [0.05, 0.1) is 18.3 Å². The molecule has 0 aromatic rings. The molecule has 0 saturated carbocycles. The van der Waals surface area contributed by atoms with E-state index in [1.54, 1.807) is 0 Å². The third-order valence-corrected chi connectivity index (χ3v) is 4.00. The average Bonchev–Trinajstić information content (AvgIpc) is 2.33. The van der Waals surface area contributed by atoms with Crippen molar-refractivity contribution in [3.8, 4) is 0 Å². The summed E-state index contributed by atoms with van der Waals surface area (Å²) in [5.41, 5.74) is -0.616. The van der Waals surface area contributed by atoms with Crippen molar-refractivity contribution in [1.82, 2.24) is 9.80 Å². The molecule has 0 radical (unpaired) electrons. The van der Waals surface area contributed by atoms with Gasteiger partial charge in [-0.3, -0.25) is 4.90 Å². The highest BCUT2D eigenvalue weighted by Gasteiger charge is 2.28. The first-order valence-electron chi connectivity index (χ1n) is 7.37. The van der Waals surface area contributed by atoms with E-state index in [1.165, 1.54) is 0 Å². The molecule has 19 heavy (non-hydrogen) atoms. The van der Waals surface area contributed by atoms with Crippen molar-refractivity contribution in [2.24, 2.45) is 5.92 Å². The van der Waals surface area contributed by atoms with Gasteiger partial charge in [0.15, 0.2) is 0 Å². The van der Waals surface area contributed by atoms with Gasteiger partial charge in [-0.2, -0.15) is 0 Å². The van der Waals surface area contributed by atoms with E-state index in [4.69, 9.17) is 4.74 Å². The molecule has 112 valence electrons. The SMILES string of the molecule is CC(C)(O)CN1CCN(CC2COCCC2O)CC1. The highest BCUT2D eigenvalue weighted by atomic mass is 16.5. The zero-order valence-electron chi connectivity index (χ0n) is 12.2. The van der Waals surface area contributed by atoms with Gasteiger partial charge in [-0.15, -0.1) is 0 Å². The molecule has 2 heterocycles. The largest absolute Gasteiger partial charge is 0.393 e. The van der Waals surface area contributed by atoms with Crippen LogP contribution in [0.25, 0.3) is 0 Å². The second kappa shape index (κ2) is 6.50. The number of aliphatic hydroxyl groups is 2.